The van der Waals surface area contributed by atoms with Crippen molar-refractivity contribution in [2.75, 3.05) is 13.7 Å². The molecule has 0 aliphatic heterocycles. The molecular formula is C11H14FNO5S. The molecule has 6 nitrogen and oxygen atoms in total. The summed E-state index contributed by atoms with van der Waals surface area (Å²) in [7, 11) is -3.03. The largest absolute Gasteiger partial charge is 0.465 e. The van der Waals surface area contributed by atoms with Crippen LogP contribution in [0.15, 0.2) is 23.1 Å². The number of aliphatic hydroxyl groups excluding tert-OH is 1. The molecule has 106 valence electrons. The van der Waals surface area contributed by atoms with Gasteiger partial charge in [0.05, 0.1) is 23.7 Å². The molecule has 0 radical (unpaired) electrons. The summed E-state index contributed by atoms with van der Waals surface area (Å²) in [6.45, 7) is 1.13. The highest BCUT2D eigenvalue weighted by atomic mass is 32.2. The maximum atomic E-state index is 13.2. The maximum Gasteiger partial charge on any atom is 0.339 e. The van der Waals surface area contributed by atoms with E-state index in [4.69, 9.17) is 5.11 Å². The molecule has 0 bridgehead atoms. The summed E-state index contributed by atoms with van der Waals surface area (Å²) in [5.74, 6) is -1.69. The number of benzene rings is 1. The highest BCUT2D eigenvalue weighted by molar-refractivity contribution is 7.89. The fourth-order valence-corrected chi connectivity index (χ4v) is 2.63. The number of carbonyl (C=O) groups excluding carboxylic acids is 1. The van der Waals surface area contributed by atoms with Gasteiger partial charge in [0, 0.05) is 6.54 Å². The summed E-state index contributed by atoms with van der Waals surface area (Å²) < 4.78 is 43.5. The van der Waals surface area contributed by atoms with E-state index in [0.29, 0.717) is 0 Å². The Labute approximate surface area is 110 Å². The molecule has 1 rings (SSSR count). The zero-order valence-electron chi connectivity index (χ0n) is 10.4. The average Bonchev–Trinajstić information content (AvgIpc) is 2.35. The lowest BCUT2D eigenvalue weighted by Crippen LogP contribution is -2.31. The third-order valence-corrected chi connectivity index (χ3v) is 3.67. The van der Waals surface area contributed by atoms with Gasteiger partial charge in [-0.05, 0) is 25.1 Å². The van der Waals surface area contributed by atoms with Crippen LogP contribution in [0.25, 0.3) is 0 Å². The fourth-order valence-electron chi connectivity index (χ4n) is 1.31. The Kier molecular flexibility index (Phi) is 4.98. The second kappa shape index (κ2) is 6.09. The molecule has 1 atom stereocenters. The van der Waals surface area contributed by atoms with Crippen LogP contribution in [0.4, 0.5) is 4.39 Å². The fraction of sp³-hybridized carbons (Fsp3) is 0.364. The van der Waals surface area contributed by atoms with E-state index >= 15 is 0 Å². The molecule has 0 spiro atoms. The van der Waals surface area contributed by atoms with Gasteiger partial charge < -0.3 is 9.84 Å². The Morgan fingerprint density at radius 1 is 1.53 bits per heavy atom. The molecule has 0 fully saturated rings. The second-order valence-corrected chi connectivity index (χ2v) is 5.57. The molecule has 1 aromatic carbocycles. The van der Waals surface area contributed by atoms with Crippen LogP contribution in [0.2, 0.25) is 0 Å². The molecule has 0 amide bonds. The smallest absolute Gasteiger partial charge is 0.339 e. The first kappa shape index (κ1) is 15.5. The molecule has 0 unspecified atom stereocenters. The van der Waals surface area contributed by atoms with Gasteiger partial charge >= 0.3 is 5.97 Å². The summed E-state index contributed by atoms with van der Waals surface area (Å²) in [6, 6.07) is 2.70. The number of rotatable bonds is 5. The minimum atomic E-state index is -4.11. The number of sulfonamides is 1. The first-order valence-corrected chi connectivity index (χ1v) is 6.82. The average molecular weight is 291 g/mol. The van der Waals surface area contributed by atoms with Gasteiger partial charge in [-0.1, -0.05) is 0 Å². The van der Waals surface area contributed by atoms with E-state index in [1.165, 1.54) is 6.92 Å². The van der Waals surface area contributed by atoms with Gasteiger partial charge in [0.25, 0.3) is 0 Å². The molecular weight excluding hydrogens is 277 g/mol. The van der Waals surface area contributed by atoms with Crippen LogP contribution < -0.4 is 4.72 Å². The van der Waals surface area contributed by atoms with E-state index in [1.807, 2.05) is 0 Å². The van der Waals surface area contributed by atoms with Crippen molar-refractivity contribution in [3.05, 3.63) is 29.6 Å². The van der Waals surface area contributed by atoms with Crippen molar-refractivity contribution < 1.29 is 27.4 Å². The van der Waals surface area contributed by atoms with E-state index < -0.39 is 32.8 Å². The van der Waals surface area contributed by atoms with Crippen molar-refractivity contribution in [3.8, 4) is 0 Å². The van der Waals surface area contributed by atoms with Crippen molar-refractivity contribution in [3.63, 3.8) is 0 Å². The minimum absolute atomic E-state index is 0.251. The molecule has 0 aliphatic rings. The summed E-state index contributed by atoms with van der Waals surface area (Å²) in [6.07, 6.45) is -0.912. The van der Waals surface area contributed by atoms with Crippen molar-refractivity contribution in [2.45, 2.75) is 17.9 Å². The monoisotopic (exact) mass is 291 g/mol. The van der Waals surface area contributed by atoms with Crippen LogP contribution in [0.3, 0.4) is 0 Å². The molecule has 1 aromatic rings. The minimum Gasteiger partial charge on any atom is -0.465 e. The van der Waals surface area contributed by atoms with Crippen LogP contribution >= 0.6 is 0 Å². The van der Waals surface area contributed by atoms with Crippen molar-refractivity contribution in [1.82, 2.24) is 4.72 Å². The number of esters is 1. The molecule has 0 aromatic heterocycles. The number of methoxy groups -OCH3 is 1. The van der Waals surface area contributed by atoms with Gasteiger partial charge in [-0.15, -0.1) is 0 Å². The third-order valence-electron chi connectivity index (χ3n) is 2.21. The molecule has 2 N–H and O–H groups in total. The lowest BCUT2D eigenvalue weighted by atomic mass is 10.2. The number of carbonyl (C=O) groups is 1. The SMILES string of the molecule is COC(=O)c1ccc(F)cc1S(=O)(=O)NC[C@H](C)O. The lowest BCUT2D eigenvalue weighted by molar-refractivity contribution is 0.0596. The van der Waals surface area contributed by atoms with Crippen LogP contribution in [-0.2, 0) is 14.8 Å². The van der Waals surface area contributed by atoms with Crippen LogP contribution in [0, 0.1) is 5.82 Å². The van der Waals surface area contributed by atoms with Gasteiger partial charge in [-0.2, -0.15) is 0 Å². The molecule has 0 aliphatic carbocycles. The Morgan fingerprint density at radius 3 is 2.68 bits per heavy atom. The van der Waals surface area contributed by atoms with Crippen molar-refractivity contribution >= 4 is 16.0 Å². The van der Waals surface area contributed by atoms with Gasteiger partial charge in [0.1, 0.15) is 5.82 Å². The number of hydrogen-bond acceptors (Lipinski definition) is 5. The molecule has 0 heterocycles. The predicted octanol–water partition coefficient (Wildman–Crippen LogP) is 0.271. The van der Waals surface area contributed by atoms with Crippen LogP contribution in [0.5, 0.6) is 0 Å². The van der Waals surface area contributed by atoms with E-state index in [9.17, 15) is 17.6 Å². The normalized spacial score (nSPS) is 13.1. The quantitative estimate of drug-likeness (QED) is 0.760. The van der Waals surface area contributed by atoms with Crippen molar-refractivity contribution in [2.24, 2.45) is 0 Å². The highest BCUT2D eigenvalue weighted by Gasteiger charge is 2.23. The Hall–Kier alpha value is -1.51. The highest BCUT2D eigenvalue weighted by Crippen LogP contribution is 2.18. The van der Waals surface area contributed by atoms with Gasteiger partial charge in [-0.25, -0.2) is 22.3 Å². The number of ether oxygens (including phenoxy) is 1. The van der Waals surface area contributed by atoms with E-state index in [1.54, 1.807) is 0 Å². The van der Waals surface area contributed by atoms with Crippen LogP contribution in [0.1, 0.15) is 17.3 Å². The number of aliphatic hydroxyl groups is 1. The van der Waals surface area contributed by atoms with E-state index in [2.05, 4.69) is 9.46 Å². The Bertz CT molecular complexity index is 570. The molecule has 8 heteroatoms. The summed E-state index contributed by atoms with van der Waals surface area (Å²) in [5.41, 5.74) is -0.276. The molecule has 0 saturated heterocycles. The third kappa shape index (κ3) is 3.98. The summed E-state index contributed by atoms with van der Waals surface area (Å²) >= 11 is 0. The van der Waals surface area contributed by atoms with Crippen LogP contribution in [-0.4, -0.2) is 39.3 Å². The number of hydrogen-bond donors (Lipinski definition) is 2. The Balaban J connectivity index is 3.24. The standard InChI is InChI=1S/C11H14FNO5S/c1-7(14)6-13-19(16,17)10-5-8(12)3-4-9(10)11(15)18-2/h3-5,7,13-14H,6H2,1-2H3/t7-/m0/s1. The van der Waals surface area contributed by atoms with E-state index in [-0.39, 0.29) is 12.1 Å². The number of halogens is 1. The zero-order valence-corrected chi connectivity index (χ0v) is 11.2. The number of nitrogens with one attached hydrogen (secondary N) is 1. The van der Waals surface area contributed by atoms with Crippen molar-refractivity contribution in [1.29, 1.82) is 0 Å². The summed E-state index contributed by atoms with van der Waals surface area (Å²) in [4.78, 5) is 10.9. The zero-order chi connectivity index (χ0) is 14.6. The van der Waals surface area contributed by atoms with Gasteiger partial charge in [0.15, 0.2) is 0 Å². The van der Waals surface area contributed by atoms with Gasteiger partial charge in [-0.3, -0.25) is 0 Å². The topological polar surface area (TPSA) is 92.7 Å². The maximum absolute atomic E-state index is 13.2. The Morgan fingerprint density at radius 2 is 2.16 bits per heavy atom. The first-order chi connectivity index (χ1) is 8.77. The van der Waals surface area contributed by atoms with E-state index in [0.717, 1.165) is 25.3 Å². The lowest BCUT2D eigenvalue weighted by Gasteiger charge is -2.11. The summed E-state index contributed by atoms with van der Waals surface area (Å²) in [5, 5.41) is 9.05. The molecule has 19 heavy (non-hydrogen) atoms. The second-order valence-electron chi connectivity index (χ2n) is 3.83. The van der Waals surface area contributed by atoms with Gasteiger partial charge in [0.2, 0.25) is 10.0 Å². The predicted molar refractivity (Wildman–Crippen MR) is 64.6 cm³/mol. The first-order valence-electron chi connectivity index (χ1n) is 5.33. The molecule has 0 saturated carbocycles.